The average molecular weight is 391 g/mol. The standard InChI is InChI=1S/C20H26N2O4S/c1-15-9-10-18(27(24,25)22-14-17-8-5-11-26-17)12-19(15)20(23)21-13-16-6-3-2-4-7-16/h5,8-12,16,22H,2-4,6-7,13-14H2,1H3,(H,21,23). The topological polar surface area (TPSA) is 88.4 Å². The van der Waals surface area contributed by atoms with E-state index in [9.17, 15) is 13.2 Å². The molecule has 3 rings (SSSR count). The van der Waals surface area contributed by atoms with E-state index in [1.165, 1.54) is 37.7 Å². The minimum absolute atomic E-state index is 0.0619. The van der Waals surface area contributed by atoms with E-state index < -0.39 is 10.0 Å². The van der Waals surface area contributed by atoms with Gasteiger partial charge in [-0.05, 0) is 55.5 Å². The molecule has 1 amide bonds. The predicted molar refractivity (Wildman–Crippen MR) is 103 cm³/mol. The van der Waals surface area contributed by atoms with Crippen molar-refractivity contribution in [2.24, 2.45) is 5.92 Å². The minimum Gasteiger partial charge on any atom is -0.468 e. The summed E-state index contributed by atoms with van der Waals surface area (Å²) in [4.78, 5) is 12.7. The van der Waals surface area contributed by atoms with Gasteiger partial charge in [0.2, 0.25) is 10.0 Å². The Balaban J connectivity index is 1.68. The zero-order valence-electron chi connectivity index (χ0n) is 15.5. The summed E-state index contributed by atoms with van der Waals surface area (Å²) >= 11 is 0. The third-order valence-corrected chi connectivity index (χ3v) is 6.46. The Morgan fingerprint density at radius 3 is 2.67 bits per heavy atom. The Morgan fingerprint density at radius 2 is 1.96 bits per heavy atom. The van der Waals surface area contributed by atoms with Crippen molar-refractivity contribution in [3.8, 4) is 0 Å². The number of hydrogen-bond donors (Lipinski definition) is 2. The van der Waals surface area contributed by atoms with E-state index in [2.05, 4.69) is 10.0 Å². The molecule has 1 aliphatic carbocycles. The molecular weight excluding hydrogens is 364 g/mol. The molecule has 7 heteroatoms. The van der Waals surface area contributed by atoms with Crippen LogP contribution in [0.4, 0.5) is 0 Å². The molecule has 1 saturated carbocycles. The van der Waals surface area contributed by atoms with Crippen molar-refractivity contribution in [2.45, 2.75) is 50.5 Å². The largest absolute Gasteiger partial charge is 0.468 e. The van der Waals surface area contributed by atoms with Crippen LogP contribution in [0.2, 0.25) is 0 Å². The molecule has 0 unspecified atom stereocenters. The maximum atomic E-state index is 12.6. The quantitative estimate of drug-likeness (QED) is 0.759. The predicted octanol–water partition coefficient (Wildman–Crippen LogP) is 3.38. The molecule has 1 fully saturated rings. The summed E-state index contributed by atoms with van der Waals surface area (Å²) in [6.07, 6.45) is 7.48. The number of nitrogens with one attached hydrogen (secondary N) is 2. The van der Waals surface area contributed by atoms with Crippen LogP contribution in [-0.2, 0) is 16.6 Å². The fourth-order valence-electron chi connectivity index (χ4n) is 3.40. The lowest BCUT2D eigenvalue weighted by atomic mass is 9.89. The van der Waals surface area contributed by atoms with Crippen molar-refractivity contribution < 1.29 is 17.6 Å². The molecule has 1 aliphatic rings. The average Bonchev–Trinajstić information content (AvgIpc) is 3.19. The maximum absolute atomic E-state index is 12.6. The van der Waals surface area contributed by atoms with Crippen LogP contribution in [-0.4, -0.2) is 20.9 Å². The first-order valence-corrected chi connectivity index (χ1v) is 10.8. The second-order valence-electron chi connectivity index (χ2n) is 7.09. The van der Waals surface area contributed by atoms with E-state index in [0.717, 1.165) is 18.4 Å². The van der Waals surface area contributed by atoms with Crippen LogP contribution in [0.25, 0.3) is 0 Å². The molecule has 0 atom stereocenters. The minimum atomic E-state index is -3.73. The third kappa shape index (κ3) is 5.20. The first-order valence-electron chi connectivity index (χ1n) is 9.36. The molecule has 0 spiro atoms. The summed E-state index contributed by atoms with van der Waals surface area (Å²) in [6.45, 7) is 2.51. The lowest BCUT2D eigenvalue weighted by Crippen LogP contribution is -2.31. The SMILES string of the molecule is Cc1ccc(S(=O)(=O)NCc2ccco2)cc1C(=O)NCC1CCCCC1. The van der Waals surface area contributed by atoms with Crippen LogP contribution in [0.5, 0.6) is 0 Å². The highest BCUT2D eigenvalue weighted by molar-refractivity contribution is 7.89. The van der Waals surface area contributed by atoms with E-state index in [1.54, 1.807) is 18.2 Å². The molecule has 27 heavy (non-hydrogen) atoms. The molecule has 1 aromatic heterocycles. The van der Waals surface area contributed by atoms with Gasteiger partial charge in [-0.2, -0.15) is 0 Å². The van der Waals surface area contributed by atoms with Crippen molar-refractivity contribution in [3.63, 3.8) is 0 Å². The van der Waals surface area contributed by atoms with E-state index in [4.69, 9.17) is 4.42 Å². The molecule has 0 radical (unpaired) electrons. The molecule has 0 aliphatic heterocycles. The van der Waals surface area contributed by atoms with Gasteiger partial charge in [0.1, 0.15) is 5.76 Å². The molecular formula is C20H26N2O4S. The summed E-state index contributed by atoms with van der Waals surface area (Å²) in [5.74, 6) is 0.821. The highest BCUT2D eigenvalue weighted by atomic mass is 32.2. The number of aryl methyl sites for hydroxylation is 1. The van der Waals surface area contributed by atoms with E-state index in [-0.39, 0.29) is 17.3 Å². The number of rotatable bonds is 7. The first-order chi connectivity index (χ1) is 13.0. The molecule has 2 aromatic rings. The van der Waals surface area contributed by atoms with Crippen LogP contribution >= 0.6 is 0 Å². The van der Waals surface area contributed by atoms with Crippen molar-refractivity contribution in [1.82, 2.24) is 10.0 Å². The van der Waals surface area contributed by atoms with Crippen molar-refractivity contribution in [2.75, 3.05) is 6.54 Å². The van der Waals surface area contributed by atoms with Gasteiger partial charge in [-0.1, -0.05) is 25.3 Å². The normalized spacial score (nSPS) is 15.6. The van der Waals surface area contributed by atoms with Gasteiger partial charge < -0.3 is 9.73 Å². The molecule has 1 heterocycles. The number of hydrogen-bond acceptors (Lipinski definition) is 4. The van der Waals surface area contributed by atoms with E-state index in [0.29, 0.717) is 23.8 Å². The number of carbonyl (C=O) groups excluding carboxylic acids is 1. The van der Waals surface area contributed by atoms with Crippen molar-refractivity contribution in [3.05, 3.63) is 53.5 Å². The number of sulfonamides is 1. The fraction of sp³-hybridized carbons (Fsp3) is 0.450. The van der Waals surface area contributed by atoms with Gasteiger partial charge in [0, 0.05) is 12.1 Å². The number of carbonyl (C=O) groups is 1. The molecule has 6 nitrogen and oxygen atoms in total. The summed E-state index contributed by atoms with van der Waals surface area (Å²) in [5, 5.41) is 2.97. The van der Waals surface area contributed by atoms with Gasteiger partial charge in [-0.3, -0.25) is 4.79 Å². The van der Waals surface area contributed by atoms with Gasteiger partial charge in [0.05, 0.1) is 17.7 Å². The van der Waals surface area contributed by atoms with Crippen LogP contribution in [0.3, 0.4) is 0 Å². The Kier molecular flexibility index (Phi) is 6.34. The molecule has 2 N–H and O–H groups in total. The monoisotopic (exact) mass is 390 g/mol. The molecule has 146 valence electrons. The van der Waals surface area contributed by atoms with E-state index in [1.807, 2.05) is 6.92 Å². The highest BCUT2D eigenvalue weighted by Gasteiger charge is 2.20. The Hall–Kier alpha value is -2.12. The lowest BCUT2D eigenvalue weighted by Gasteiger charge is -2.22. The fourth-order valence-corrected chi connectivity index (χ4v) is 4.42. The second-order valence-corrected chi connectivity index (χ2v) is 8.86. The van der Waals surface area contributed by atoms with Gasteiger partial charge in [-0.15, -0.1) is 0 Å². The summed E-state index contributed by atoms with van der Waals surface area (Å²) in [5.41, 5.74) is 1.15. The number of benzene rings is 1. The number of amides is 1. The Morgan fingerprint density at radius 1 is 1.19 bits per heavy atom. The van der Waals surface area contributed by atoms with Crippen molar-refractivity contribution >= 4 is 15.9 Å². The lowest BCUT2D eigenvalue weighted by molar-refractivity contribution is 0.0942. The Labute approximate surface area is 160 Å². The highest BCUT2D eigenvalue weighted by Crippen LogP contribution is 2.23. The van der Waals surface area contributed by atoms with Gasteiger partial charge >= 0.3 is 0 Å². The van der Waals surface area contributed by atoms with Gasteiger partial charge in [0.25, 0.3) is 5.91 Å². The molecule has 0 saturated heterocycles. The van der Waals surface area contributed by atoms with Crippen LogP contribution in [0.15, 0.2) is 45.9 Å². The first kappa shape index (κ1) is 19.6. The van der Waals surface area contributed by atoms with Gasteiger partial charge in [-0.25, -0.2) is 13.1 Å². The molecule has 1 aromatic carbocycles. The van der Waals surface area contributed by atoms with Crippen LogP contribution in [0, 0.1) is 12.8 Å². The second kappa shape index (κ2) is 8.71. The zero-order valence-corrected chi connectivity index (χ0v) is 16.3. The summed E-state index contributed by atoms with van der Waals surface area (Å²) < 4.78 is 32.7. The van der Waals surface area contributed by atoms with E-state index >= 15 is 0 Å². The Bertz CT molecular complexity index is 869. The van der Waals surface area contributed by atoms with Crippen LogP contribution < -0.4 is 10.0 Å². The van der Waals surface area contributed by atoms with Crippen LogP contribution in [0.1, 0.15) is 53.8 Å². The number of furan rings is 1. The third-order valence-electron chi connectivity index (χ3n) is 5.06. The zero-order chi connectivity index (χ0) is 19.3. The van der Waals surface area contributed by atoms with Crippen molar-refractivity contribution in [1.29, 1.82) is 0 Å². The smallest absolute Gasteiger partial charge is 0.251 e. The maximum Gasteiger partial charge on any atom is 0.251 e. The summed E-state index contributed by atoms with van der Waals surface area (Å²) in [6, 6.07) is 8.01. The summed E-state index contributed by atoms with van der Waals surface area (Å²) in [7, 11) is -3.73. The van der Waals surface area contributed by atoms with Gasteiger partial charge in [0.15, 0.2) is 0 Å². The molecule has 0 bridgehead atoms.